The molecule has 0 amide bonds. The Morgan fingerprint density at radius 1 is 0.840 bits per heavy atom. The predicted octanol–water partition coefficient (Wildman–Crippen LogP) is 10.8. The number of benzene rings is 3. The van der Waals surface area contributed by atoms with Crippen molar-refractivity contribution in [1.82, 2.24) is 9.13 Å². The van der Waals surface area contributed by atoms with Crippen LogP contribution in [0.25, 0.3) is 44.5 Å². The van der Waals surface area contributed by atoms with Crippen LogP contribution in [-0.4, -0.2) is 9.13 Å². The number of hydrogen-bond acceptors (Lipinski definition) is 3. The molecule has 3 aromatic carbocycles. The largest absolute Gasteiger partial charge is 0.333 e. The fraction of sp³-hybridized carbons (Fsp3) is 0.178. The Morgan fingerprint density at radius 3 is 2.30 bits per heavy atom. The number of nitrogens with zero attached hydrogens (tertiary/aromatic N) is 5. The fourth-order valence-electron chi connectivity index (χ4n) is 8.34. The summed E-state index contributed by atoms with van der Waals surface area (Å²) in [5.74, 6) is -0.117. The average molecular weight is 646 g/mol. The van der Waals surface area contributed by atoms with Gasteiger partial charge < -0.3 is 9.13 Å². The van der Waals surface area contributed by atoms with Crippen molar-refractivity contribution in [2.45, 2.75) is 45.1 Å². The summed E-state index contributed by atoms with van der Waals surface area (Å²) in [6.45, 7) is 2.02. The van der Waals surface area contributed by atoms with Crippen LogP contribution in [0.1, 0.15) is 55.5 Å². The predicted molar refractivity (Wildman–Crippen MR) is 202 cm³/mol. The minimum absolute atomic E-state index is 0.0988. The van der Waals surface area contributed by atoms with Gasteiger partial charge in [-0.05, 0) is 97.4 Å². The van der Waals surface area contributed by atoms with E-state index in [1.54, 1.807) is 0 Å². The highest BCUT2D eigenvalue weighted by atomic mass is 15.0. The number of nitriles is 3. The molecule has 2 unspecified atom stereocenters. The summed E-state index contributed by atoms with van der Waals surface area (Å²) in [6.07, 6.45) is 23.2. The molecule has 0 spiro atoms. The Kier molecular flexibility index (Phi) is 8.00. The molecule has 50 heavy (non-hydrogen) atoms. The number of aromatic nitrogens is 2. The van der Waals surface area contributed by atoms with E-state index in [9.17, 15) is 15.8 Å². The third kappa shape index (κ3) is 4.97. The second-order valence-corrected chi connectivity index (χ2v) is 13.1. The Bertz CT molecular complexity index is 2510. The molecule has 5 heteroatoms. The van der Waals surface area contributed by atoms with Gasteiger partial charge in [-0.25, -0.2) is 0 Å². The lowest BCUT2D eigenvalue weighted by molar-refractivity contribution is 0.616. The van der Waals surface area contributed by atoms with Crippen molar-refractivity contribution in [2.75, 3.05) is 0 Å². The van der Waals surface area contributed by atoms with Crippen molar-refractivity contribution < 1.29 is 0 Å². The Balaban J connectivity index is 1.26. The zero-order valence-electron chi connectivity index (χ0n) is 28.0. The van der Waals surface area contributed by atoms with E-state index >= 15 is 0 Å². The van der Waals surface area contributed by atoms with E-state index in [2.05, 4.69) is 131 Å². The van der Waals surface area contributed by atoms with Crippen LogP contribution in [0.5, 0.6) is 0 Å². The summed E-state index contributed by atoms with van der Waals surface area (Å²) in [5.41, 5.74) is 11.2. The molecular weight excluding hydrogens is 611 g/mol. The molecule has 5 aromatic rings. The third-order valence-electron chi connectivity index (χ3n) is 10.4. The number of aryl methyl sites for hydroxylation is 1. The normalized spacial score (nSPS) is 19.0. The molecule has 3 aliphatic carbocycles. The van der Waals surface area contributed by atoms with Crippen LogP contribution in [0.15, 0.2) is 138 Å². The van der Waals surface area contributed by atoms with Crippen molar-refractivity contribution in [1.29, 1.82) is 15.8 Å². The number of para-hydroxylation sites is 2. The van der Waals surface area contributed by atoms with Crippen LogP contribution >= 0.6 is 0 Å². The van der Waals surface area contributed by atoms with Gasteiger partial charge in [-0.15, -0.1) is 0 Å². The van der Waals surface area contributed by atoms with Crippen molar-refractivity contribution in [3.63, 3.8) is 0 Å². The molecule has 2 heterocycles. The molecule has 0 fully saturated rings. The first-order chi connectivity index (χ1) is 24.7. The first kappa shape index (κ1) is 31.0. The van der Waals surface area contributed by atoms with Gasteiger partial charge in [-0.3, -0.25) is 0 Å². The molecule has 240 valence electrons. The SMILES string of the molecule is C/C=C\C(=C(/CC#N)n1c2ccccc2c2ccccc21)C1CC=CC(C#N)=C1C1=CCC(n2c3c(c4cc(C#N)ccc42)CCC=C3)C=C1. The molecule has 0 N–H and O–H groups in total. The van der Waals surface area contributed by atoms with E-state index in [1.807, 2.05) is 25.1 Å². The molecule has 0 bridgehead atoms. The van der Waals surface area contributed by atoms with Crippen LogP contribution in [0.4, 0.5) is 0 Å². The summed E-state index contributed by atoms with van der Waals surface area (Å²) in [5, 5.41) is 33.8. The molecule has 5 nitrogen and oxygen atoms in total. The standard InChI is InChI=1S/C45H35N5/c1-2-10-34(44(25-26-46)50-41-17-7-3-12-35(41)36-13-4-8-18-42(36)50)38-15-9-11-32(29-48)45(38)31-20-22-33(23-21-31)49-40-16-6-5-14-37(40)39-27-30(28-47)19-24-43(39)49/h2-4,6-13,16-22,24,27,33,38H,5,14-15,23,25H2,1H3/b10-2-,44-34-. The maximum absolute atomic E-state index is 10.5. The maximum atomic E-state index is 10.5. The highest BCUT2D eigenvalue weighted by Gasteiger charge is 2.30. The quantitative estimate of drug-likeness (QED) is 0.172. The van der Waals surface area contributed by atoms with E-state index in [-0.39, 0.29) is 18.4 Å². The summed E-state index contributed by atoms with van der Waals surface area (Å²) in [7, 11) is 0. The van der Waals surface area contributed by atoms with Gasteiger partial charge in [0, 0.05) is 39.0 Å². The van der Waals surface area contributed by atoms with E-state index < -0.39 is 0 Å². The first-order valence-corrected chi connectivity index (χ1v) is 17.3. The maximum Gasteiger partial charge on any atom is 0.0994 e. The van der Waals surface area contributed by atoms with Crippen LogP contribution in [0.2, 0.25) is 0 Å². The monoisotopic (exact) mass is 645 g/mol. The van der Waals surface area contributed by atoms with Crippen LogP contribution < -0.4 is 0 Å². The van der Waals surface area contributed by atoms with Crippen LogP contribution in [-0.2, 0) is 6.42 Å². The van der Waals surface area contributed by atoms with Crippen LogP contribution in [0, 0.1) is 39.9 Å². The van der Waals surface area contributed by atoms with Gasteiger partial charge >= 0.3 is 0 Å². The van der Waals surface area contributed by atoms with Gasteiger partial charge in [-0.1, -0.05) is 78.9 Å². The number of allylic oxidation sites excluding steroid dienone is 13. The smallest absolute Gasteiger partial charge is 0.0994 e. The van der Waals surface area contributed by atoms with Gasteiger partial charge in [0.2, 0.25) is 0 Å². The van der Waals surface area contributed by atoms with E-state index in [4.69, 9.17) is 0 Å². The second-order valence-electron chi connectivity index (χ2n) is 13.1. The van der Waals surface area contributed by atoms with Crippen molar-refractivity contribution in [2.24, 2.45) is 5.92 Å². The topological polar surface area (TPSA) is 81.2 Å². The molecule has 0 saturated heterocycles. The lowest BCUT2D eigenvalue weighted by Gasteiger charge is -2.30. The second kappa shape index (κ2) is 12.9. The van der Waals surface area contributed by atoms with E-state index in [0.29, 0.717) is 11.1 Å². The molecular formula is C45H35N5. The molecule has 0 radical (unpaired) electrons. The minimum atomic E-state index is -0.117. The highest BCUT2D eigenvalue weighted by molar-refractivity contribution is 6.10. The Hall–Kier alpha value is -6.35. The summed E-state index contributed by atoms with van der Waals surface area (Å²) in [4.78, 5) is 0. The van der Waals surface area contributed by atoms with Crippen molar-refractivity contribution in [3.8, 4) is 18.2 Å². The highest BCUT2D eigenvalue weighted by Crippen LogP contribution is 2.44. The van der Waals surface area contributed by atoms with Gasteiger partial charge in [0.05, 0.1) is 52.8 Å². The molecule has 8 rings (SSSR count). The van der Waals surface area contributed by atoms with Gasteiger partial charge in [0.25, 0.3) is 0 Å². The summed E-state index contributed by atoms with van der Waals surface area (Å²) < 4.78 is 4.68. The zero-order chi connectivity index (χ0) is 34.2. The lowest BCUT2D eigenvalue weighted by atomic mass is 9.76. The average Bonchev–Trinajstić information content (AvgIpc) is 3.68. The van der Waals surface area contributed by atoms with Gasteiger partial charge in [-0.2, -0.15) is 15.8 Å². The summed E-state index contributed by atoms with van der Waals surface area (Å²) in [6, 6.07) is 30.2. The van der Waals surface area contributed by atoms with Crippen LogP contribution in [0.3, 0.4) is 0 Å². The molecule has 2 atom stereocenters. The van der Waals surface area contributed by atoms with Crippen molar-refractivity contribution in [3.05, 3.63) is 154 Å². The first-order valence-electron chi connectivity index (χ1n) is 17.3. The number of fused-ring (bicyclic) bond motifs is 6. The molecule has 0 aliphatic heterocycles. The number of rotatable bonds is 6. The Morgan fingerprint density at radius 2 is 1.62 bits per heavy atom. The zero-order valence-corrected chi connectivity index (χ0v) is 28.0. The van der Waals surface area contributed by atoms with E-state index in [1.165, 1.54) is 11.3 Å². The molecule has 0 saturated carbocycles. The Labute approximate surface area is 292 Å². The lowest BCUT2D eigenvalue weighted by Crippen LogP contribution is -2.17. The third-order valence-corrected chi connectivity index (χ3v) is 10.4. The van der Waals surface area contributed by atoms with Crippen molar-refractivity contribution >= 4 is 44.5 Å². The van der Waals surface area contributed by atoms with Gasteiger partial charge in [0.15, 0.2) is 0 Å². The molecule has 3 aliphatic rings. The molecule has 2 aromatic heterocycles. The minimum Gasteiger partial charge on any atom is -0.333 e. The summed E-state index contributed by atoms with van der Waals surface area (Å²) >= 11 is 0. The fourth-order valence-corrected chi connectivity index (χ4v) is 8.34. The number of hydrogen-bond donors (Lipinski definition) is 0. The van der Waals surface area contributed by atoms with E-state index in [0.717, 1.165) is 80.8 Å². The van der Waals surface area contributed by atoms with Gasteiger partial charge in [0.1, 0.15) is 0 Å².